The third kappa shape index (κ3) is 5.87. The van der Waals surface area contributed by atoms with E-state index in [0.717, 1.165) is 16.3 Å². The van der Waals surface area contributed by atoms with E-state index in [1.54, 1.807) is 20.8 Å². The highest BCUT2D eigenvalue weighted by Crippen LogP contribution is 2.20. The average Bonchev–Trinajstić information content (AvgIpc) is 2.26. The van der Waals surface area contributed by atoms with Gasteiger partial charge in [0, 0.05) is 10.9 Å². The van der Waals surface area contributed by atoms with Crippen molar-refractivity contribution in [2.45, 2.75) is 38.8 Å². The number of benzene rings is 1. The van der Waals surface area contributed by atoms with Crippen LogP contribution >= 0.6 is 15.9 Å². The van der Waals surface area contributed by atoms with Crippen LogP contribution in [0.5, 0.6) is 0 Å². The van der Waals surface area contributed by atoms with Gasteiger partial charge in [0.05, 0.1) is 6.04 Å². The molecule has 0 heterocycles. The number of hydrogen-bond donors (Lipinski definition) is 1. The summed E-state index contributed by atoms with van der Waals surface area (Å²) in [6.07, 6.45) is 0.456. The summed E-state index contributed by atoms with van der Waals surface area (Å²) >= 11 is 3.36. The first-order valence-electron chi connectivity index (χ1n) is 6.00. The molecule has 1 amide bonds. The van der Waals surface area contributed by atoms with Gasteiger partial charge in [0.25, 0.3) is 0 Å². The Labute approximate surface area is 121 Å². The molecule has 0 aliphatic rings. The lowest BCUT2D eigenvalue weighted by Crippen LogP contribution is -2.35. The van der Waals surface area contributed by atoms with Crippen LogP contribution in [0.1, 0.15) is 38.8 Å². The lowest BCUT2D eigenvalue weighted by Gasteiger charge is -2.23. The molecular formula is C14H18BrNO3. The van der Waals surface area contributed by atoms with Gasteiger partial charge in [-0.3, -0.25) is 0 Å². The van der Waals surface area contributed by atoms with Crippen LogP contribution in [-0.2, 0) is 9.53 Å². The molecule has 0 saturated carbocycles. The van der Waals surface area contributed by atoms with Crippen LogP contribution in [0.4, 0.5) is 4.79 Å². The molecule has 0 unspecified atom stereocenters. The molecule has 0 aliphatic heterocycles. The lowest BCUT2D eigenvalue weighted by molar-refractivity contribution is -0.108. The molecule has 1 rings (SSSR count). The molecular weight excluding hydrogens is 310 g/mol. The smallest absolute Gasteiger partial charge is 0.408 e. The highest BCUT2D eigenvalue weighted by atomic mass is 79.9. The fourth-order valence-electron chi connectivity index (χ4n) is 1.55. The summed E-state index contributed by atoms with van der Waals surface area (Å²) in [5.74, 6) is 0. The predicted molar refractivity (Wildman–Crippen MR) is 76.9 cm³/mol. The number of carbonyl (C=O) groups is 2. The molecule has 19 heavy (non-hydrogen) atoms. The molecule has 0 radical (unpaired) electrons. The molecule has 5 heteroatoms. The molecule has 1 atom stereocenters. The van der Waals surface area contributed by atoms with Crippen molar-refractivity contribution in [1.82, 2.24) is 5.32 Å². The van der Waals surface area contributed by atoms with Crippen LogP contribution in [-0.4, -0.2) is 18.0 Å². The number of aldehydes is 1. The fraction of sp³-hybridized carbons (Fsp3) is 0.429. The lowest BCUT2D eigenvalue weighted by atomic mass is 10.0. The van der Waals surface area contributed by atoms with Gasteiger partial charge in [0.15, 0.2) is 0 Å². The van der Waals surface area contributed by atoms with E-state index in [9.17, 15) is 9.59 Å². The highest BCUT2D eigenvalue weighted by molar-refractivity contribution is 9.10. The number of alkyl carbamates (subject to hydrolysis) is 1. The fourth-order valence-corrected chi connectivity index (χ4v) is 1.96. The third-order valence-electron chi connectivity index (χ3n) is 2.27. The standard InChI is InChI=1S/C14H18BrNO3/c1-14(2,3)19-13(18)16-12(7-8-17)10-5-4-6-11(15)9-10/h4-6,8-9,12H,7H2,1-3H3,(H,16,18)/t12-/m1/s1. The van der Waals surface area contributed by atoms with Crippen LogP contribution in [0.2, 0.25) is 0 Å². The summed E-state index contributed by atoms with van der Waals surface area (Å²) in [5.41, 5.74) is 0.292. The van der Waals surface area contributed by atoms with E-state index in [1.807, 2.05) is 24.3 Å². The Morgan fingerprint density at radius 1 is 1.47 bits per heavy atom. The van der Waals surface area contributed by atoms with Crippen LogP contribution in [0.3, 0.4) is 0 Å². The Hall–Kier alpha value is -1.36. The average molecular weight is 328 g/mol. The van der Waals surface area contributed by atoms with Crippen LogP contribution in [0, 0.1) is 0 Å². The van der Waals surface area contributed by atoms with Crippen molar-refractivity contribution in [3.8, 4) is 0 Å². The molecule has 104 valence electrons. The maximum Gasteiger partial charge on any atom is 0.408 e. The van der Waals surface area contributed by atoms with Crippen molar-refractivity contribution in [2.75, 3.05) is 0 Å². The summed E-state index contributed by atoms with van der Waals surface area (Å²) < 4.78 is 6.08. The molecule has 1 aromatic rings. The highest BCUT2D eigenvalue weighted by Gasteiger charge is 2.20. The van der Waals surface area contributed by atoms with E-state index in [2.05, 4.69) is 21.2 Å². The Kier molecular flexibility index (Phi) is 5.54. The number of amides is 1. The summed E-state index contributed by atoms with van der Waals surface area (Å²) in [7, 11) is 0. The van der Waals surface area contributed by atoms with Gasteiger partial charge >= 0.3 is 6.09 Å². The van der Waals surface area contributed by atoms with Crippen molar-refractivity contribution >= 4 is 28.3 Å². The van der Waals surface area contributed by atoms with Gasteiger partial charge in [-0.1, -0.05) is 28.1 Å². The summed E-state index contributed by atoms with van der Waals surface area (Å²) in [4.78, 5) is 22.5. The van der Waals surface area contributed by atoms with E-state index in [4.69, 9.17) is 4.74 Å². The second-order valence-electron chi connectivity index (χ2n) is 5.16. The van der Waals surface area contributed by atoms with Crippen molar-refractivity contribution in [3.05, 3.63) is 34.3 Å². The Morgan fingerprint density at radius 3 is 2.68 bits per heavy atom. The van der Waals surface area contributed by atoms with Gasteiger partial charge < -0.3 is 14.8 Å². The molecule has 1 N–H and O–H groups in total. The molecule has 1 aromatic carbocycles. The first kappa shape index (κ1) is 15.7. The minimum atomic E-state index is -0.562. The Bertz CT molecular complexity index is 454. The van der Waals surface area contributed by atoms with Gasteiger partial charge in [-0.2, -0.15) is 0 Å². The molecule has 0 fully saturated rings. The molecule has 0 bridgehead atoms. The number of carbonyl (C=O) groups excluding carboxylic acids is 2. The van der Waals surface area contributed by atoms with Gasteiger partial charge in [-0.05, 0) is 38.5 Å². The van der Waals surface area contributed by atoms with E-state index in [1.165, 1.54) is 0 Å². The molecule has 0 saturated heterocycles. The maximum absolute atomic E-state index is 11.7. The first-order chi connectivity index (χ1) is 8.81. The topological polar surface area (TPSA) is 55.4 Å². The van der Waals surface area contributed by atoms with Gasteiger partial charge in [0.2, 0.25) is 0 Å². The van der Waals surface area contributed by atoms with Crippen molar-refractivity contribution in [3.63, 3.8) is 0 Å². The maximum atomic E-state index is 11.7. The predicted octanol–water partition coefficient (Wildman–Crippen LogP) is 3.60. The second kappa shape index (κ2) is 6.70. The monoisotopic (exact) mass is 327 g/mol. The number of halogens is 1. The zero-order chi connectivity index (χ0) is 14.5. The van der Waals surface area contributed by atoms with Crippen molar-refractivity contribution in [2.24, 2.45) is 0 Å². The normalized spacial score (nSPS) is 12.6. The minimum absolute atomic E-state index is 0.204. The van der Waals surface area contributed by atoms with Crippen molar-refractivity contribution in [1.29, 1.82) is 0 Å². The summed E-state index contributed by atoms with van der Waals surface area (Å²) in [6.45, 7) is 5.38. The quantitative estimate of drug-likeness (QED) is 0.859. The number of rotatable bonds is 4. The van der Waals surface area contributed by atoms with Gasteiger partial charge in [-0.25, -0.2) is 4.79 Å². The van der Waals surface area contributed by atoms with E-state index >= 15 is 0 Å². The van der Waals surface area contributed by atoms with Gasteiger partial charge in [-0.15, -0.1) is 0 Å². The zero-order valence-corrected chi connectivity index (χ0v) is 12.9. The van der Waals surface area contributed by atoms with Crippen LogP contribution in [0.25, 0.3) is 0 Å². The third-order valence-corrected chi connectivity index (χ3v) is 2.77. The molecule has 0 aliphatic carbocycles. The van der Waals surface area contributed by atoms with Crippen LogP contribution < -0.4 is 5.32 Å². The number of hydrogen-bond acceptors (Lipinski definition) is 3. The largest absolute Gasteiger partial charge is 0.444 e. The van der Waals surface area contributed by atoms with E-state index in [-0.39, 0.29) is 12.5 Å². The SMILES string of the molecule is CC(C)(C)OC(=O)N[C@H](CC=O)c1cccc(Br)c1. The van der Waals surface area contributed by atoms with Gasteiger partial charge in [0.1, 0.15) is 11.9 Å². The Morgan fingerprint density at radius 2 is 2.16 bits per heavy atom. The van der Waals surface area contributed by atoms with E-state index in [0.29, 0.717) is 0 Å². The number of ether oxygens (including phenoxy) is 1. The Balaban J connectivity index is 2.78. The minimum Gasteiger partial charge on any atom is -0.444 e. The first-order valence-corrected chi connectivity index (χ1v) is 6.80. The molecule has 0 spiro atoms. The van der Waals surface area contributed by atoms with Crippen LogP contribution in [0.15, 0.2) is 28.7 Å². The molecule has 0 aromatic heterocycles. The number of nitrogens with one attached hydrogen (secondary N) is 1. The summed E-state index contributed by atoms with van der Waals surface area (Å²) in [5, 5.41) is 2.70. The second-order valence-corrected chi connectivity index (χ2v) is 6.07. The molecule has 4 nitrogen and oxygen atoms in total. The zero-order valence-electron chi connectivity index (χ0n) is 11.3. The van der Waals surface area contributed by atoms with E-state index < -0.39 is 11.7 Å². The summed E-state index contributed by atoms with van der Waals surface area (Å²) in [6, 6.07) is 7.08. The van der Waals surface area contributed by atoms with Crippen molar-refractivity contribution < 1.29 is 14.3 Å².